The molecule has 1 saturated heterocycles. The summed E-state index contributed by atoms with van der Waals surface area (Å²) in [5.74, 6) is 0.291. The molecule has 6 nitrogen and oxygen atoms in total. The molecule has 5 rings (SSSR count). The van der Waals surface area contributed by atoms with Crippen LogP contribution in [0.15, 0.2) is 83.3 Å². The predicted molar refractivity (Wildman–Crippen MR) is 163 cm³/mol. The Kier molecular flexibility index (Phi) is 8.53. The highest BCUT2D eigenvalue weighted by Crippen LogP contribution is 2.27. The maximum absolute atomic E-state index is 12.7. The highest BCUT2D eigenvalue weighted by molar-refractivity contribution is 7.80. The zero-order chi connectivity index (χ0) is 27.4. The van der Waals surface area contributed by atoms with Crippen LogP contribution in [0.3, 0.4) is 0 Å². The molecule has 3 aromatic carbocycles. The number of nitrogens with zero attached hydrogens (tertiary/aromatic N) is 2. The van der Waals surface area contributed by atoms with Crippen LogP contribution in [0.5, 0.6) is 0 Å². The van der Waals surface area contributed by atoms with Crippen molar-refractivity contribution in [2.45, 2.75) is 13.5 Å². The number of nitrogens with one attached hydrogen (secondary N) is 2. The van der Waals surface area contributed by atoms with E-state index in [0.29, 0.717) is 10.8 Å². The third-order valence-electron chi connectivity index (χ3n) is 6.73. The molecule has 1 amide bonds. The lowest BCUT2D eigenvalue weighted by Gasteiger charge is -2.36. The number of thiocarbonyl (C=S) groups is 1. The Bertz CT molecular complexity index is 1480. The lowest BCUT2D eigenvalue weighted by atomic mass is 10.1. The second kappa shape index (κ2) is 12.2. The summed E-state index contributed by atoms with van der Waals surface area (Å²) in [6, 6.07) is 25.0. The second-order valence-electron chi connectivity index (χ2n) is 9.44. The van der Waals surface area contributed by atoms with E-state index in [4.69, 9.17) is 39.8 Å². The van der Waals surface area contributed by atoms with Gasteiger partial charge in [0.25, 0.3) is 5.91 Å². The molecule has 1 aliphatic heterocycles. The van der Waals surface area contributed by atoms with Gasteiger partial charge in [0, 0.05) is 59.7 Å². The second-order valence-corrected chi connectivity index (χ2v) is 10.7. The molecule has 0 spiro atoms. The van der Waals surface area contributed by atoms with Crippen molar-refractivity contribution in [3.05, 3.63) is 106 Å². The third-order valence-corrected chi connectivity index (χ3v) is 7.71. The van der Waals surface area contributed by atoms with Crippen molar-refractivity contribution < 1.29 is 9.21 Å². The van der Waals surface area contributed by atoms with Gasteiger partial charge < -0.3 is 14.6 Å². The Balaban J connectivity index is 1.11. The van der Waals surface area contributed by atoms with Crippen molar-refractivity contribution in [3.8, 4) is 11.3 Å². The average molecular weight is 580 g/mol. The lowest BCUT2D eigenvalue weighted by molar-refractivity contribution is 0.0951. The Morgan fingerprint density at radius 3 is 2.38 bits per heavy atom. The van der Waals surface area contributed by atoms with Crippen LogP contribution in [0.25, 0.3) is 11.3 Å². The number of halogens is 2. The van der Waals surface area contributed by atoms with Crippen molar-refractivity contribution in [1.29, 1.82) is 0 Å². The van der Waals surface area contributed by atoms with Gasteiger partial charge >= 0.3 is 0 Å². The molecule has 0 aliphatic carbocycles. The zero-order valence-electron chi connectivity index (χ0n) is 21.4. The quantitative estimate of drug-likeness (QED) is 0.240. The monoisotopic (exact) mass is 578 g/mol. The molecule has 0 bridgehead atoms. The smallest absolute Gasteiger partial charge is 0.293 e. The van der Waals surface area contributed by atoms with Crippen LogP contribution in [-0.2, 0) is 6.54 Å². The van der Waals surface area contributed by atoms with Crippen molar-refractivity contribution in [2.75, 3.05) is 36.4 Å². The van der Waals surface area contributed by atoms with E-state index in [1.165, 1.54) is 0 Å². The van der Waals surface area contributed by atoms with Crippen molar-refractivity contribution >= 4 is 57.8 Å². The summed E-state index contributed by atoms with van der Waals surface area (Å²) in [7, 11) is 0. The summed E-state index contributed by atoms with van der Waals surface area (Å²) in [4.78, 5) is 17.4. The van der Waals surface area contributed by atoms with Crippen LogP contribution in [0, 0.1) is 6.92 Å². The Hall–Kier alpha value is -3.36. The predicted octanol–water partition coefficient (Wildman–Crippen LogP) is 7.01. The van der Waals surface area contributed by atoms with Gasteiger partial charge in [-0.2, -0.15) is 0 Å². The van der Waals surface area contributed by atoms with Crippen molar-refractivity contribution in [3.63, 3.8) is 0 Å². The number of rotatable bonds is 6. The normalized spacial score (nSPS) is 13.8. The molecule has 1 aliphatic rings. The van der Waals surface area contributed by atoms with E-state index >= 15 is 0 Å². The zero-order valence-corrected chi connectivity index (χ0v) is 23.7. The van der Waals surface area contributed by atoms with Gasteiger partial charge in [0.1, 0.15) is 5.76 Å². The molecular weight excluding hydrogens is 551 g/mol. The Morgan fingerprint density at radius 1 is 0.923 bits per heavy atom. The molecule has 2 heterocycles. The van der Waals surface area contributed by atoms with E-state index in [1.54, 1.807) is 12.1 Å². The topological polar surface area (TPSA) is 60.8 Å². The molecule has 0 unspecified atom stereocenters. The summed E-state index contributed by atoms with van der Waals surface area (Å²) in [5, 5.41) is 7.39. The maximum atomic E-state index is 12.7. The van der Waals surface area contributed by atoms with Crippen LogP contribution in [-0.4, -0.2) is 42.1 Å². The minimum atomic E-state index is -0.428. The summed E-state index contributed by atoms with van der Waals surface area (Å²) in [6.07, 6.45) is 0. The number of carbonyl (C=O) groups is 1. The van der Waals surface area contributed by atoms with Crippen LogP contribution in [0.2, 0.25) is 10.0 Å². The number of anilines is 2. The summed E-state index contributed by atoms with van der Waals surface area (Å²) in [6.45, 7) is 6.59. The van der Waals surface area contributed by atoms with Crippen molar-refractivity contribution in [2.24, 2.45) is 0 Å². The number of benzene rings is 3. The Labute approximate surface area is 243 Å². The van der Waals surface area contributed by atoms with Gasteiger partial charge in [0.15, 0.2) is 10.9 Å². The number of amides is 1. The fraction of sp³-hybridized carbons (Fsp3) is 0.200. The summed E-state index contributed by atoms with van der Waals surface area (Å²) >= 11 is 17.9. The van der Waals surface area contributed by atoms with Crippen LogP contribution >= 0.6 is 35.4 Å². The van der Waals surface area contributed by atoms with E-state index in [1.807, 2.05) is 55.5 Å². The molecular formula is C30H28Cl2N4O2S. The van der Waals surface area contributed by atoms with Crippen molar-refractivity contribution in [1.82, 2.24) is 10.2 Å². The fourth-order valence-electron chi connectivity index (χ4n) is 4.48. The van der Waals surface area contributed by atoms with Gasteiger partial charge in [-0.25, -0.2) is 0 Å². The minimum absolute atomic E-state index is 0.162. The lowest BCUT2D eigenvalue weighted by Crippen LogP contribution is -2.46. The molecule has 0 radical (unpaired) electrons. The SMILES string of the molecule is Cc1ccc(-c2ccc(C(=O)NC(=S)Nc3ccc(N4CCN(Cc5ccccc5Cl)CC4)cc3)o2)cc1Cl. The first-order chi connectivity index (χ1) is 18.9. The van der Waals surface area contributed by atoms with E-state index in [0.717, 1.165) is 65.8 Å². The largest absolute Gasteiger partial charge is 0.451 e. The molecule has 4 aromatic rings. The number of hydrogen-bond donors (Lipinski definition) is 2. The standard InChI is InChI=1S/C30H28Cl2N4O2S/c1-20-6-7-21(18-26(20)32)27-12-13-28(38-27)29(37)34-30(39)33-23-8-10-24(11-9-23)36-16-14-35(15-17-36)19-22-4-2-3-5-25(22)31/h2-13,18H,14-17,19H2,1H3,(H2,33,34,37,39). The molecule has 1 fully saturated rings. The van der Waals surface area contributed by atoms with Crippen LogP contribution < -0.4 is 15.5 Å². The number of furan rings is 1. The highest BCUT2D eigenvalue weighted by Gasteiger charge is 2.18. The van der Waals surface area contributed by atoms with E-state index in [9.17, 15) is 4.79 Å². The van der Waals surface area contributed by atoms with Gasteiger partial charge in [-0.05, 0) is 78.8 Å². The number of aryl methyl sites for hydroxylation is 1. The molecule has 200 valence electrons. The molecule has 39 heavy (non-hydrogen) atoms. The van der Waals surface area contributed by atoms with E-state index in [-0.39, 0.29) is 10.9 Å². The van der Waals surface area contributed by atoms with E-state index in [2.05, 4.69) is 38.6 Å². The van der Waals surface area contributed by atoms with Gasteiger partial charge in [-0.3, -0.25) is 15.0 Å². The molecule has 1 aromatic heterocycles. The number of carbonyl (C=O) groups excluding carboxylic acids is 1. The summed E-state index contributed by atoms with van der Waals surface area (Å²) < 4.78 is 5.73. The number of hydrogen-bond acceptors (Lipinski definition) is 5. The average Bonchev–Trinajstić information content (AvgIpc) is 3.43. The van der Waals surface area contributed by atoms with E-state index < -0.39 is 5.91 Å². The molecule has 0 atom stereocenters. The fourth-order valence-corrected chi connectivity index (χ4v) is 5.06. The Morgan fingerprint density at radius 2 is 1.67 bits per heavy atom. The highest BCUT2D eigenvalue weighted by atomic mass is 35.5. The number of piperazine rings is 1. The first-order valence-electron chi connectivity index (χ1n) is 12.7. The van der Waals surface area contributed by atoms with Gasteiger partial charge in [-0.15, -0.1) is 0 Å². The first-order valence-corrected chi connectivity index (χ1v) is 13.8. The summed E-state index contributed by atoms with van der Waals surface area (Å²) in [5.41, 5.74) is 4.87. The molecule has 2 N–H and O–H groups in total. The molecule has 0 saturated carbocycles. The maximum Gasteiger partial charge on any atom is 0.293 e. The third kappa shape index (κ3) is 6.81. The van der Waals surface area contributed by atoms with Gasteiger partial charge in [0.2, 0.25) is 0 Å². The van der Waals surface area contributed by atoms with Gasteiger partial charge in [0.05, 0.1) is 0 Å². The van der Waals surface area contributed by atoms with Crippen LogP contribution in [0.1, 0.15) is 21.7 Å². The first kappa shape index (κ1) is 27.2. The van der Waals surface area contributed by atoms with Crippen LogP contribution in [0.4, 0.5) is 11.4 Å². The van der Waals surface area contributed by atoms with Gasteiger partial charge in [-0.1, -0.05) is 53.5 Å². The molecule has 9 heteroatoms. The minimum Gasteiger partial charge on any atom is -0.451 e.